The molecule has 0 saturated heterocycles. The van der Waals surface area contributed by atoms with E-state index >= 15 is 0 Å². The lowest BCUT2D eigenvalue weighted by molar-refractivity contribution is -0.137. The SMILES string of the molecule is Nc1ncnc(Oc2ccc(C(F)(F)F)cc2)c1Br. The zero-order valence-corrected chi connectivity index (χ0v) is 10.9. The molecule has 19 heavy (non-hydrogen) atoms. The van der Waals surface area contributed by atoms with Crippen LogP contribution < -0.4 is 10.5 Å². The van der Waals surface area contributed by atoms with Crippen LogP contribution in [0, 0.1) is 0 Å². The van der Waals surface area contributed by atoms with Crippen LogP contribution in [0.1, 0.15) is 5.56 Å². The normalized spacial score (nSPS) is 11.4. The maximum absolute atomic E-state index is 12.4. The van der Waals surface area contributed by atoms with Crippen LogP contribution in [0.4, 0.5) is 19.0 Å². The Kier molecular flexibility index (Phi) is 3.61. The van der Waals surface area contributed by atoms with Gasteiger partial charge >= 0.3 is 6.18 Å². The Balaban J connectivity index is 2.23. The van der Waals surface area contributed by atoms with Crippen molar-refractivity contribution in [2.75, 3.05) is 5.73 Å². The summed E-state index contributed by atoms with van der Waals surface area (Å²) in [5.41, 5.74) is 4.78. The highest BCUT2D eigenvalue weighted by Gasteiger charge is 2.30. The Morgan fingerprint density at radius 1 is 1.11 bits per heavy atom. The fourth-order valence-electron chi connectivity index (χ4n) is 1.26. The number of nitrogen functional groups attached to an aromatic ring is 1. The molecular weight excluding hydrogens is 327 g/mol. The minimum Gasteiger partial charge on any atom is -0.438 e. The summed E-state index contributed by atoms with van der Waals surface area (Å²) >= 11 is 3.13. The number of ether oxygens (including phenoxy) is 1. The number of benzene rings is 1. The van der Waals surface area contributed by atoms with E-state index in [0.29, 0.717) is 4.47 Å². The van der Waals surface area contributed by atoms with Gasteiger partial charge < -0.3 is 10.5 Å². The molecule has 2 N–H and O–H groups in total. The maximum Gasteiger partial charge on any atom is 0.416 e. The van der Waals surface area contributed by atoms with Gasteiger partial charge in [0.05, 0.1) is 5.56 Å². The van der Waals surface area contributed by atoms with Crippen molar-refractivity contribution in [3.05, 3.63) is 40.6 Å². The van der Waals surface area contributed by atoms with E-state index in [1.807, 2.05) is 0 Å². The highest BCUT2D eigenvalue weighted by Crippen LogP contribution is 2.33. The van der Waals surface area contributed by atoms with E-state index in [9.17, 15) is 13.2 Å². The van der Waals surface area contributed by atoms with Crippen molar-refractivity contribution in [1.29, 1.82) is 0 Å². The van der Waals surface area contributed by atoms with Gasteiger partial charge in [-0.2, -0.15) is 13.2 Å². The van der Waals surface area contributed by atoms with Crippen LogP contribution in [0.15, 0.2) is 35.1 Å². The highest BCUT2D eigenvalue weighted by atomic mass is 79.9. The number of aromatic nitrogens is 2. The molecule has 4 nitrogen and oxygen atoms in total. The van der Waals surface area contributed by atoms with E-state index in [4.69, 9.17) is 10.5 Å². The molecule has 0 aliphatic rings. The number of hydrogen-bond donors (Lipinski definition) is 1. The van der Waals surface area contributed by atoms with Gasteiger partial charge in [-0.1, -0.05) is 0 Å². The van der Waals surface area contributed by atoms with E-state index in [1.54, 1.807) is 0 Å². The molecule has 2 rings (SSSR count). The Morgan fingerprint density at radius 3 is 2.32 bits per heavy atom. The Bertz CT molecular complexity index is 587. The van der Waals surface area contributed by atoms with Gasteiger partial charge in [0.25, 0.3) is 0 Å². The van der Waals surface area contributed by atoms with Crippen molar-refractivity contribution in [3.63, 3.8) is 0 Å². The zero-order chi connectivity index (χ0) is 14.0. The minimum atomic E-state index is -4.38. The van der Waals surface area contributed by atoms with E-state index in [-0.39, 0.29) is 17.4 Å². The lowest BCUT2D eigenvalue weighted by atomic mass is 10.2. The smallest absolute Gasteiger partial charge is 0.416 e. The molecule has 8 heteroatoms. The van der Waals surface area contributed by atoms with Crippen LogP contribution in [0.3, 0.4) is 0 Å². The Labute approximate surface area is 114 Å². The standard InChI is InChI=1S/C11H7BrF3N3O/c12-8-9(16)17-5-18-10(8)19-7-3-1-6(2-4-7)11(13,14)15/h1-5H,(H2,16,17,18). The third-order valence-corrected chi connectivity index (χ3v) is 2.93. The summed E-state index contributed by atoms with van der Waals surface area (Å²) in [5, 5.41) is 0. The molecule has 0 atom stereocenters. The molecule has 0 fully saturated rings. The predicted molar refractivity (Wildman–Crippen MR) is 65.7 cm³/mol. The molecule has 0 amide bonds. The van der Waals surface area contributed by atoms with Crippen LogP contribution in [0.5, 0.6) is 11.6 Å². The van der Waals surface area contributed by atoms with Gasteiger partial charge in [-0.15, -0.1) is 0 Å². The van der Waals surface area contributed by atoms with Gasteiger partial charge in [-0.25, -0.2) is 9.97 Å². The molecule has 0 unspecified atom stereocenters. The molecule has 1 heterocycles. The van der Waals surface area contributed by atoms with Gasteiger partial charge in [0.15, 0.2) is 0 Å². The summed E-state index contributed by atoms with van der Waals surface area (Å²) in [6.07, 6.45) is -3.18. The van der Waals surface area contributed by atoms with E-state index in [1.165, 1.54) is 18.5 Å². The summed E-state index contributed by atoms with van der Waals surface area (Å²) in [6.45, 7) is 0. The summed E-state index contributed by atoms with van der Waals surface area (Å²) in [5.74, 6) is 0.524. The third-order valence-electron chi connectivity index (χ3n) is 2.18. The molecule has 100 valence electrons. The molecule has 1 aromatic heterocycles. The molecule has 0 bridgehead atoms. The fraction of sp³-hybridized carbons (Fsp3) is 0.0909. The Morgan fingerprint density at radius 2 is 1.74 bits per heavy atom. The fourth-order valence-corrected chi connectivity index (χ4v) is 1.55. The minimum absolute atomic E-state index is 0.132. The molecule has 0 radical (unpaired) electrons. The number of rotatable bonds is 2. The average molecular weight is 334 g/mol. The molecular formula is C11H7BrF3N3O. The second-order valence-corrected chi connectivity index (χ2v) is 4.30. The van der Waals surface area contributed by atoms with Crippen LogP contribution in [-0.4, -0.2) is 9.97 Å². The summed E-state index contributed by atoms with van der Waals surface area (Å²) in [6, 6.07) is 4.25. The number of nitrogens with zero attached hydrogens (tertiary/aromatic N) is 2. The van der Waals surface area contributed by atoms with Crippen molar-refractivity contribution in [2.45, 2.75) is 6.18 Å². The average Bonchev–Trinajstić information content (AvgIpc) is 2.35. The Hall–Kier alpha value is -1.83. The first-order valence-electron chi connectivity index (χ1n) is 4.99. The first kappa shape index (κ1) is 13.6. The maximum atomic E-state index is 12.4. The topological polar surface area (TPSA) is 61.0 Å². The second-order valence-electron chi connectivity index (χ2n) is 3.50. The first-order valence-corrected chi connectivity index (χ1v) is 5.78. The third kappa shape index (κ3) is 3.14. The van der Waals surface area contributed by atoms with Gasteiger partial charge in [0, 0.05) is 0 Å². The lowest BCUT2D eigenvalue weighted by Crippen LogP contribution is -2.04. The molecule has 0 aliphatic heterocycles. The van der Waals surface area contributed by atoms with Gasteiger partial charge in [-0.3, -0.25) is 0 Å². The van der Waals surface area contributed by atoms with Crippen molar-refractivity contribution in [3.8, 4) is 11.6 Å². The van der Waals surface area contributed by atoms with Crippen LogP contribution >= 0.6 is 15.9 Å². The number of halogens is 4. The van der Waals surface area contributed by atoms with E-state index < -0.39 is 11.7 Å². The van der Waals surface area contributed by atoms with Gasteiger partial charge in [0.2, 0.25) is 5.88 Å². The zero-order valence-electron chi connectivity index (χ0n) is 9.28. The monoisotopic (exact) mass is 333 g/mol. The van der Waals surface area contributed by atoms with Crippen LogP contribution in [0.2, 0.25) is 0 Å². The number of anilines is 1. The van der Waals surface area contributed by atoms with Crippen LogP contribution in [0.25, 0.3) is 0 Å². The molecule has 0 saturated carbocycles. The van der Waals surface area contributed by atoms with Gasteiger partial charge in [-0.05, 0) is 40.2 Å². The number of alkyl halides is 3. The van der Waals surface area contributed by atoms with E-state index in [0.717, 1.165) is 12.1 Å². The quantitative estimate of drug-likeness (QED) is 0.911. The van der Waals surface area contributed by atoms with E-state index in [2.05, 4.69) is 25.9 Å². The summed E-state index contributed by atoms with van der Waals surface area (Å²) in [4.78, 5) is 7.54. The van der Waals surface area contributed by atoms with Crippen molar-refractivity contribution < 1.29 is 17.9 Å². The summed E-state index contributed by atoms with van der Waals surface area (Å²) < 4.78 is 42.8. The van der Waals surface area contributed by atoms with Crippen molar-refractivity contribution >= 4 is 21.7 Å². The predicted octanol–water partition coefficient (Wildman–Crippen LogP) is 3.63. The number of hydrogen-bond acceptors (Lipinski definition) is 4. The summed E-state index contributed by atoms with van der Waals surface area (Å²) in [7, 11) is 0. The lowest BCUT2D eigenvalue weighted by Gasteiger charge is -2.09. The highest BCUT2D eigenvalue weighted by molar-refractivity contribution is 9.10. The largest absolute Gasteiger partial charge is 0.438 e. The van der Waals surface area contributed by atoms with Crippen molar-refractivity contribution in [1.82, 2.24) is 9.97 Å². The molecule has 0 spiro atoms. The van der Waals surface area contributed by atoms with Crippen molar-refractivity contribution in [2.24, 2.45) is 0 Å². The second kappa shape index (κ2) is 5.04. The molecule has 0 aliphatic carbocycles. The molecule has 1 aromatic carbocycles. The molecule has 2 aromatic rings. The van der Waals surface area contributed by atoms with Crippen LogP contribution in [-0.2, 0) is 6.18 Å². The van der Waals surface area contributed by atoms with Gasteiger partial charge in [0.1, 0.15) is 22.4 Å². The number of nitrogens with two attached hydrogens (primary N) is 1. The first-order chi connectivity index (χ1) is 8.88.